The van der Waals surface area contributed by atoms with Gasteiger partial charge >= 0.3 is 12.4 Å². The third-order valence-corrected chi connectivity index (χ3v) is 7.34. The van der Waals surface area contributed by atoms with Crippen LogP contribution in [0.5, 0.6) is 11.5 Å². The molecule has 1 atom stereocenters. The summed E-state index contributed by atoms with van der Waals surface area (Å²) in [5.74, 6) is 0.0865. The molecule has 2 aromatic carbocycles. The van der Waals surface area contributed by atoms with Crippen molar-refractivity contribution in [1.82, 2.24) is 0 Å². The maximum Gasteiger partial charge on any atom is 0.425 e. The van der Waals surface area contributed by atoms with Crippen LogP contribution in [0.25, 0.3) is 10.1 Å². The fraction of sp³-hybridized carbons (Fsp3) is 0.238. The number of nitrogens with zero attached hydrogens (tertiary/aromatic N) is 2. The Kier molecular flexibility index (Phi) is 6.46. The molecule has 33 heavy (non-hydrogen) atoms. The van der Waals surface area contributed by atoms with Crippen LogP contribution in [0.2, 0.25) is 0 Å². The van der Waals surface area contributed by atoms with Gasteiger partial charge < -0.3 is 9.84 Å². The first-order valence-electron chi connectivity index (χ1n) is 8.92. The van der Waals surface area contributed by atoms with E-state index in [4.69, 9.17) is 15.3 Å². The van der Waals surface area contributed by atoms with Crippen molar-refractivity contribution in [3.05, 3.63) is 52.4 Å². The molecule has 0 aliphatic carbocycles. The molecular formula is C21H12F6N2O2S2. The zero-order chi connectivity index (χ0) is 24.6. The SMILES string of the molecule is COc1cc(C#N)cc2cc(C(F)(F)F)sc12.N#CC1(C(F)(F)F)Cc2cccc(O)c2S1. The van der Waals surface area contributed by atoms with Crippen molar-refractivity contribution in [2.75, 3.05) is 7.11 Å². The number of halogens is 6. The van der Waals surface area contributed by atoms with E-state index in [1.54, 1.807) is 0 Å². The quantitative estimate of drug-likeness (QED) is 0.377. The van der Waals surface area contributed by atoms with E-state index < -0.39 is 28.4 Å². The molecule has 0 fully saturated rings. The summed E-state index contributed by atoms with van der Waals surface area (Å²) in [6.45, 7) is 0. The van der Waals surface area contributed by atoms with Crippen LogP contribution in [-0.4, -0.2) is 23.1 Å². The lowest BCUT2D eigenvalue weighted by atomic mass is 10.00. The number of alkyl halides is 6. The minimum absolute atomic E-state index is 0.154. The predicted molar refractivity (Wildman–Crippen MR) is 110 cm³/mol. The van der Waals surface area contributed by atoms with Gasteiger partial charge in [0.1, 0.15) is 16.4 Å². The summed E-state index contributed by atoms with van der Waals surface area (Å²) in [7, 11) is 1.36. The second-order valence-corrected chi connectivity index (χ2v) is 9.16. The largest absolute Gasteiger partial charge is 0.507 e. The average Bonchev–Trinajstić information content (AvgIpc) is 3.36. The number of benzene rings is 2. The van der Waals surface area contributed by atoms with Crippen molar-refractivity contribution in [2.45, 2.75) is 28.4 Å². The first-order chi connectivity index (χ1) is 15.3. The fourth-order valence-electron chi connectivity index (χ4n) is 3.07. The molecule has 0 amide bonds. The highest BCUT2D eigenvalue weighted by Crippen LogP contribution is 2.55. The summed E-state index contributed by atoms with van der Waals surface area (Å²) in [5.41, 5.74) is 0.643. The Hall–Kier alpha value is -3.09. The molecule has 3 aromatic rings. The lowest BCUT2D eigenvalue weighted by molar-refractivity contribution is -0.145. The highest BCUT2D eigenvalue weighted by molar-refractivity contribution is 8.01. The lowest BCUT2D eigenvalue weighted by Crippen LogP contribution is -2.40. The van der Waals surface area contributed by atoms with E-state index in [1.165, 1.54) is 43.5 Å². The van der Waals surface area contributed by atoms with Crippen molar-refractivity contribution in [3.8, 4) is 23.6 Å². The van der Waals surface area contributed by atoms with Gasteiger partial charge in [-0.3, -0.25) is 0 Å². The van der Waals surface area contributed by atoms with E-state index >= 15 is 0 Å². The van der Waals surface area contributed by atoms with Crippen LogP contribution >= 0.6 is 23.1 Å². The van der Waals surface area contributed by atoms with Crippen LogP contribution in [0.1, 0.15) is 16.0 Å². The second kappa shape index (κ2) is 8.69. The van der Waals surface area contributed by atoms with Gasteiger partial charge in [-0.25, -0.2) is 0 Å². The van der Waals surface area contributed by atoms with Crippen LogP contribution < -0.4 is 4.74 Å². The van der Waals surface area contributed by atoms with Crippen LogP contribution in [0, 0.1) is 22.7 Å². The van der Waals surface area contributed by atoms with Gasteiger partial charge in [0.25, 0.3) is 0 Å². The molecule has 1 aromatic heterocycles. The van der Waals surface area contributed by atoms with E-state index in [0.29, 0.717) is 44.5 Å². The maximum atomic E-state index is 12.8. The zero-order valence-corrected chi connectivity index (χ0v) is 18.1. The Bertz CT molecular complexity index is 1290. The number of thioether (sulfide) groups is 1. The van der Waals surface area contributed by atoms with Crippen molar-refractivity contribution in [3.63, 3.8) is 0 Å². The molecule has 0 spiro atoms. The first kappa shape index (κ1) is 24.6. The zero-order valence-electron chi connectivity index (χ0n) is 16.5. The number of phenols is 1. The molecule has 0 bridgehead atoms. The van der Waals surface area contributed by atoms with Gasteiger partial charge in [-0.1, -0.05) is 23.9 Å². The Labute approximate surface area is 191 Å². The van der Waals surface area contributed by atoms with E-state index in [2.05, 4.69) is 0 Å². The standard InChI is InChI=1S/C11H6F3NOS.C10H6F3NOS/c1-16-8-3-6(5-15)2-7-4-9(11(12,13)14)17-10(7)8;11-10(12,13)9(5-14)4-6-2-1-3-7(15)8(6)16-9/h2-4H,1H3;1-3,15H,4H2. The van der Waals surface area contributed by atoms with Gasteiger partial charge in [-0.15, -0.1) is 11.3 Å². The average molecular weight is 502 g/mol. The molecule has 1 N–H and O–H groups in total. The van der Waals surface area contributed by atoms with E-state index in [0.717, 1.165) is 6.07 Å². The van der Waals surface area contributed by atoms with Crippen molar-refractivity contribution >= 4 is 33.2 Å². The maximum absolute atomic E-state index is 12.8. The molecule has 0 saturated heterocycles. The minimum Gasteiger partial charge on any atom is -0.507 e. The number of hydrogen-bond donors (Lipinski definition) is 1. The van der Waals surface area contributed by atoms with Gasteiger partial charge in [0, 0.05) is 6.42 Å². The van der Waals surface area contributed by atoms with Crippen molar-refractivity contribution in [2.24, 2.45) is 0 Å². The summed E-state index contributed by atoms with van der Waals surface area (Å²) >= 11 is 0.996. The normalized spacial score (nSPS) is 17.5. The highest BCUT2D eigenvalue weighted by Gasteiger charge is 2.60. The molecule has 4 rings (SSSR count). The van der Waals surface area contributed by atoms with Crippen LogP contribution in [0.15, 0.2) is 41.3 Å². The van der Waals surface area contributed by atoms with Gasteiger partial charge in [0.2, 0.25) is 4.75 Å². The topological polar surface area (TPSA) is 77.0 Å². The number of methoxy groups -OCH3 is 1. The number of aromatic hydroxyl groups is 1. The fourth-order valence-corrected chi connectivity index (χ4v) is 5.25. The van der Waals surface area contributed by atoms with E-state index in [1.807, 2.05) is 6.07 Å². The number of thiophene rings is 1. The molecule has 0 saturated carbocycles. The summed E-state index contributed by atoms with van der Waals surface area (Å²) < 4.78 is 78.9. The minimum atomic E-state index is -4.61. The molecule has 4 nitrogen and oxygen atoms in total. The van der Waals surface area contributed by atoms with Gasteiger partial charge in [-0.2, -0.15) is 36.9 Å². The smallest absolute Gasteiger partial charge is 0.425 e. The summed E-state index contributed by atoms with van der Waals surface area (Å²) in [5, 5.41) is 27.3. The summed E-state index contributed by atoms with van der Waals surface area (Å²) in [4.78, 5) is -0.540. The Morgan fingerprint density at radius 2 is 1.79 bits per heavy atom. The van der Waals surface area contributed by atoms with Crippen LogP contribution in [-0.2, 0) is 12.6 Å². The number of fused-ring (bicyclic) bond motifs is 2. The van der Waals surface area contributed by atoms with Gasteiger partial charge in [0.15, 0.2) is 0 Å². The number of phenolic OH excluding ortho intramolecular Hbond substituents is 1. The Morgan fingerprint density at radius 1 is 1.09 bits per heavy atom. The third-order valence-electron chi connectivity index (χ3n) is 4.64. The molecule has 1 aliphatic heterocycles. The first-order valence-corrected chi connectivity index (χ1v) is 10.5. The molecule has 0 radical (unpaired) electrons. The molecule has 12 heteroatoms. The lowest BCUT2D eigenvalue weighted by Gasteiger charge is -2.22. The molecular weight excluding hydrogens is 490 g/mol. The van der Waals surface area contributed by atoms with Crippen LogP contribution in [0.4, 0.5) is 26.3 Å². The number of nitriles is 2. The highest BCUT2D eigenvalue weighted by atomic mass is 32.2. The molecule has 1 unspecified atom stereocenters. The number of rotatable bonds is 1. The second-order valence-electron chi connectivity index (χ2n) is 6.80. The Balaban J connectivity index is 0.000000186. The van der Waals surface area contributed by atoms with Crippen LogP contribution in [0.3, 0.4) is 0 Å². The monoisotopic (exact) mass is 502 g/mol. The third kappa shape index (κ3) is 4.68. The number of hydrogen-bond acceptors (Lipinski definition) is 6. The number of ether oxygens (including phenoxy) is 1. The van der Waals surface area contributed by atoms with E-state index in [9.17, 15) is 31.4 Å². The predicted octanol–water partition coefficient (Wildman–Crippen LogP) is 6.67. The van der Waals surface area contributed by atoms with Crippen molar-refractivity contribution in [1.29, 1.82) is 10.5 Å². The summed E-state index contributed by atoms with van der Waals surface area (Å²) in [6.07, 6.45) is -9.40. The Morgan fingerprint density at radius 3 is 2.30 bits per heavy atom. The summed E-state index contributed by atoms with van der Waals surface area (Å²) in [6, 6.07) is 11.4. The molecule has 2 heterocycles. The van der Waals surface area contributed by atoms with Gasteiger partial charge in [-0.05, 0) is 35.2 Å². The molecule has 172 valence electrons. The van der Waals surface area contributed by atoms with E-state index in [-0.39, 0.29) is 16.2 Å². The van der Waals surface area contributed by atoms with Crippen molar-refractivity contribution < 1.29 is 36.2 Å². The molecule has 1 aliphatic rings. The van der Waals surface area contributed by atoms with Gasteiger partial charge in [0.05, 0.1) is 34.4 Å².